The van der Waals surface area contributed by atoms with Crippen molar-refractivity contribution in [2.45, 2.75) is 75.4 Å². The zero-order valence-electron chi connectivity index (χ0n) is 20.6. The summed E-state index contributed by atoms with van der Waals surface area (Å²) in [5.74, 6) is -0.674. The third kappa shape index (κ3) is 5.43. The molecule has 35 heavy (non-hydrogen) atoms. The molecule has 2 amide bonds. The molecule has 2 fully saturated rings. The van der Waals surface area contributed by atoms with Gasteiger partial charge < -0.3 is 10.2 Å². The molecule has 2 aliphatic rings. The Morgan fingerprint density at radius 1 is 1.00 bits per heavy atom. The summed E-state index contributed by atoms with van der Waals surface area (Å²) in [5.41, 5.74) is 0.765. The summed E-state index contributed by atoms with van der Waals surface area (Å²) < 4.78 is 27.9. The number of carbonyl (C=O) groups excluding carboxylic acids is 2. The number of piperazine rings is 1. The summed E-state index contributed by atoms with van der Waals surface area (Å²) in [4.78, 5) is 28.9. The third-order valence-electron chi connectivity index (χ3n) is 7.28. The summed E-state index contributed by atoms with van der Waals surface area (Å²) in [6.45, 7) is 3.63. The van der Waals surface area contributed by atoms with Crippen molar-refractivity contribution in [2.75, 3.05) is 13.1 Å². The normalized spacial score (nSPS) is 22.2. The van der Waals surface area contributed by atoms with Gasteiger partial charge in [-0.15, -0.1) is 0 Å². The number of carbonyl (C=O) groups is 2. The Labute approximate surface area is 208 Å². The topological polar surface area (TPSA) is 86.8 Å². The van der Waals surface area contributed by atoms with Crippen LogP contribution in [0.25, 0.3) is 0 Å². The van der Waals surface area contributed by atoms with Gasteiger partial charge in [-0.1, -0.05) is 68.7 Å². The van der Waals surface area contributed by atoms with Crippen molar-refractivity contribution in [3.8, 4) is 0 Å². The lowest BCUT2D eigenvalue weighted by Crippen LogP contribution is -2.70. The maximum Gasteiger partial charge on any atom is 0.247 e. The molecule has 7 nitrogen and oxygen atoms in total. The number of rotatable bonds is 7. The maximum absolute atomic E-state index is 13.7. The molecule has 1 heterocycles. The molecule has 0 radical (unpaired) electrons. The second-order valence-corrected chi connectivity index (χ2v) is 11.8. The van der Waals surface area contributed by atoms with Crippen LogP contribution in [0.5, 0.6) is 0 Å². The number of hydrogen-bond donors (Lipinski definition) is 1. The van der Waals surface area contributed by atoms with E-state index in [2.05, 4.69) is 12.2 Å². The first-order valence-corrected chi connectivity index (χ1v) is 13.9. The lowest BCUT2D eigenvalue weighted by atomic mass is 9.91. The van der Waals surface area contributed by atoms with E-state index in [-0.39, 0.29) is 42.4 Å². The van der Waals surface area contributed by atoms with E-state index < -0.39 is 15.6 Å². The van der Waals surface area contributed by atoms with Crippen LogP contribution in [0.2, 0.25) is 0 Å². The smallest absolute Gasteiger partial charge is 0.247 e. The highest BCUT2D eigenvalue weighted by molar-refractivity contribution is 7.89. The highest BCUT2D eigenvalue weighted by Gasteiger charge is 2.50. The Hall–Kier alpha value is -2.71. The zero-order chi connectivity index (χ0) is 25.1. The fraction of sp³-hybridized carbons (Fsp3) is 0.481. The molecule has 1 saturated carbocycles. The quantitative estimate of drug-likeness (QED) is 0.635. The van der Waals surface area contributed by atoms with Gasteiger partial charge in [0.15, 0.2) is 0 Å². The summed E-state index contributed by atoms with van der Waals surface area (Å²) in [6.07, 6.45) is 5.99. The monoisotopic (exact) mass is 497 g/mol. The van der Waals surface area contributed by atoms with E-state index in [4.69, 9.17) is 0 Å². The van der Waals surface area contributed by atoms with E-state index >= 15 is 0 Å². The van der Waals surface area contributed by atoms with Crippen molar-refractivity contribution < 1.29 is 18.0 Å². The summed E-state index contributed by atoms with van der Waals surface area (Å²) >= 11 is 0. The van der Waals surface area contributed by atoms with Gasteiger partial charge in [-0.25, -0.2) is 8.42 Å². The van der Waals surface area contributed by atoms with E-state index in [9.17, 15) is 18.0 Å². The van der Waals surface area contributed by atoms with Gasteiger partial charge in [0.05, 0.1) is 11.4 Å². The molecule has 1 N–H and O–H groups in total. The van der Waals surface area contributed by atoms with Crippen molar-refractivity contribution in [3.63, 3.8) is 0 Å². The Kier molecular flexibility index (Phi) is 7.62. The number of benzene rings is 2. The third-order valence-corrected chi connectivity index (χ3v) is 9.08. The predicted octanol–water partition coefficient (Wildman–Crippen LogP) is 3.49. The lowest BCUT2D eigenvalue weighted by molar-refractivity contribution is -0.154. The summed E-state index contributed by atoms with van der Waals surface area (Å²) in [7, 11) is -3.93. The second kappa shape index (κ2) is 10.5. The fourth-order valence-electron chi connectivity index (χ4n) is 5.02. The molecular formula is C27H35N3O4S. The maximum atomic E-state index is 13.7. The summed E-state index contributed by atoms with van der Waals surface area (Å²) in [5, 5.41) is 3.14. The van der Waals surface area contributed by atoms with Crippen LogP contribution in [0.4, 0.5) is 0 Å². The van der Waals surface area contributed by atoms with E-state index in [1.807, 2.05) is 24.3 Å². The molecular weight excluding hydrogens is 462 g/mol. The largest absolute Gasteiger partial charge is 0.351 e. The van der Waals surface area contributed by atoms with Crippen LogP contribution in [-0.2, 0) is 32.6 Å². The highest BCUT2D eigenvalue weighted by atomic mass is 32.2. The number of hydrogen-bond acceptors (Lipinski definition) is 4. The number of amides is 2. The fourth-order valence-corrected chi connectivity index (χ4v) is 6.52. The van der Waals surface area contributed by atoms with Crippen LogP contribution in [0.1, 0.15) is 57.1 Å². The predicted molar refractivity (Wildman–Crippen MR) is 135 cm³/mol. The number of sulfonamides is 1. The van der Waals surface area contributed by atoms with Crippen LogP contribution < -0.4 is 5.32 Å². The van der Waals surface area contributed by atoms with Crippen LogP contribution in [0.3, 0.4) is 0 Å². The Balaban J connectivity index is 1.65. The van der Waals surface area contributed by atoms with Gasteiger partial charge in [0, 0.05) is 19.1 Å². The molecule has 1 aliphatic heterocycles. The van der Waals surface area contributed by atoms with Crippen LogP contribution in [0.15, 0.2) is 59.5 Å². The zero-order valence-corrected chi connectivity index (χ0v) is 21.4. The Morgan fingerprint density at radius 2 is 1.63 bits per heavy atom. The molecule has 0 spiro atoms. The minimum absolute atomic E-state index is 0.0509. The average Bonchev–Trinajstić information content (AvgIpc) is 2.87. The van der Waals surface area contributed by atoms with Crippen molar-refractivity contribution in [2.24, 2.45) is 0 Å². The Morgan fingerprint density at radius 3 is 2.26 bits per heavy atom. The number of nitrogens with one attached hydrogen (secondary N) is 1. The average molecular weight is 498 g/mol. The van der Waals surface area contributed by atoms with Crippen molar-refractivity contribution in [3.05, 3.63) is 65.7 Å². The van der Waals surface area contributed by atoms with Crippen LogP contribution in [-0.4, -0.2) is 54.1 Å². The van der Waals surface area contributed by atoms with E-state index in [1.165, 1.54) is 17.7 Å². The highest BCUT2D eigenvalue weighted by Crippen LogP contribution is 2.30. The van der Waals surface area contributed by atoms with Crippen molar-refractivity contribution >= 4 is 21.8 Å². The molecule has 2 aromatic rings. The standard InChI is InChI=1S/C27H35N3O4S/c1-3-21-14-16-22(17-15-21)18-30-25(31)19-29(35(33,34)24-12-8-5-9-13-24)20-27(30,2)26(32)28-23-10-6-4-7-11-23/h5,8-9,12-17,23H,3-4,6-7,10-11,18-20H2,1-2H3,(H,28,32)/t27-/m0/s1. The molecule has 0 aromatic heterocycles. The first-order valence-electron chi connectivity index (χ1n) is 12.5. The van der Waals surface area contributed by atoms with Gasteiger partial charge in [0.1, 0.15) is 5.54 Å². The molecule has 188 valence electrons. The molecule has 1 aliphatic carbocycles. The molecule has 2 aromatic carbocycles. The van der Waals surface area contributed by atoms with E-state index in [0.717, 1.165) is 48.4 Å². The van der Waals surface area contributed by atoms with Crippen molar-refractivity contribution in [1.29, 1.82) is 0 Å². The molecule has 4 rings (SSSR count). The van der Waals surface area contributed by atoms with Gasteiger partial charge in [0.25, 0.3) is 0 Å². The first-order chi connectivity index (χ1) is 16.7. The number of aryl methyl sites for hydroxylation is 1. The molecule has 0 bridgehead atoms. The minimum atomic E-state index is -3.93. The molecule has 1 saturated heterocycles. The van der Waals surface area contributed by atoms with Crippen LogP contribution in [0, 0.1) is 0 Å². The second-order valence-electron chi connectivity index (χ2n) is 9.82. The molecule has 0 unspecified atom stereocenters. The van der Waals surface area contributed by atoms with Crippen molar-refractivity contribution in [1.82, 2.24) is 14.5 Å². The van der Waals surface area contributed by atoms with Gasteiger partial charge >= 0.3 is 0 Å². The van der Waals surface area contributed by atoms with Crippen LogP contribution >= 0.6 is 0 Å². The lowest BCUT2D eigenvalue weighted by Gasteiger charge is -2.47. The number of nitrogens with zero attached hydrogens (tertiary/aromatic N) is 2. The Bertz CT molecular complexity index is 1140. The van der Waals surface area contributed by atoms with Gasteiger partial charge in [-0.2, -0.15) is 4.31 Å². The summed E-state index contributed by atoms with van der Waals surface area (Å²) in [6, 6.07) is 16.1. The molecule has 1 atom stereocenters. The van der Waals surface area contributed by atoms with Gasteiger partial charge in [0.2, 0.25) is 21.8 Å². The SMILES string of the molecule is CCc1ccc(CN2C(=O)CN(S(=O)(=O)c3ccccc3)C[C@@]2(C)C(=O)NC2CCCCC2)cc1. The van der Waals surface area contributed by atoms with Gasteiger partial charge in [-0.05, 0) is 49.4 Å². The van der Waals surface area contributed by atoms with E-state index in [0.29, 0.717) is 0 Å². The first kappa shape index (κ1) is 25.4. The minimum Gasteiger partial charge on any atom is -0.351 e. The van der Waals surface area contributed by atoms with Gasteiger partial charge in [-0.3, -0.25) is 9.59 Å². The van der Waals surface area contributed by atoms with E-state index in [1.54, 1.807) is 30.0 Å². The molecule has 8 heteroatoms.